The molecular formula is C19H17FN2O3. The highest BCUT2D eigenvalue weighted by atomic mass is 19.1. The summed E-state index contributed by atoms with van der Waals surface area (Å²) < 4.78 is 24.2. The molecule has 1 amide bonds. The molecule has 3 aromatic rings. The molecule has 25 heavy (non-hydrogen) atoms. The van der Waals surface area contributed by atoms with E-state index >= 15 is 0 Å². The lowest BCUT2D eigenvalue weighted by Gasteiger charge is -2.17. The fraction of sp³-hybridized carbons (Fsp3) is 0.158. The molecule has 0 bridgehead atoms. The Morgan fingerprint density at radius 1 is 1.20 bits per heavy atom. The van der Waals surface area contributed by atoms with E-state index < -0.39 is 5.82 Å². The molecule has 1 aromatic heterocycles. The zero-order valence-corrected chi connectivity index (χ0v) is 13.9. The van der Waals surface area contributed by atoms with Crippen molar-refractivity contribution in [2.45, 2.75) is 6.54 Å². The lowest BCUT2D eigenvalue weighted by atomic mass is 10.1. The molecule has 0 fully saturated rings. The van der Waals surface area contributed by atoms with Crippen LogP contribution in [0.3, 0.4) is 0 Å². The van der Waals surface area contributed by atoms with E-state index in [2.05, 4.69) is 5.16 Å². The Hall–Kier alpha value is -3.15. The largest absolute Gasteiger partial charge is 0.496 e. The standard InChI is InChI=1S/C19H17FN2O3/c1-22(12-13-7-3-6-10-17(13)24-2)19(23)16-11-18(25-21-16)14-8-4-5-9-15(14)20/h3-11H,12H2,1-2H3. The van der Waals surface area contributed by atoms with E-state index in [9.17, 15) is 9.18 Å². The molecule has 1 heterocycles. The van der Waals surface area contributed by atoms with Gasteiger partial charge in [0.05, 0.1) is 12.7 Å². The van der Waals surface area contributed by atoms with Crippen LogP contribution in [0.2, 0.25) is 0 Å². The summed E-state index contributed by atoms with van der Waals surface area (Å²) in [6.07, 6.45) is 0. The van der Waals surface area contributed by atoms with Gasteiger partial charge in [-0.3, -0.25) is 4.79 Å². The Labute approximate surface area is 144 Å². The van der Waals surface area contributed by atoms with Gasteiger partial charge >= 0.3 is 0 Å². The Bertz CT molecular complexity index is 892. The minimum atomic E-state index is -0.431. The molecule has 0 unspecified atom stereocenters. The number of halogens is 1. The number of para-hydroxylation sites is 1. The summed E-state index contributed by atoms with van der Waals surface area (Å²) in [6, 6.07) is 15.1. The summed E-state index contributed by atoms with van der Waals surface area (Å²) in [6.45, 7) is 0.352. The van der Waals surface area contributed by atoms with E-state index in [1.807, 2.05) is 24.3 Å². The first-order valence-corrected chi connectivity index (χ1v) is 7.69. The number of hydrogen-bond donors (Lipinski definition) is 0. The van der Waals surface area contributed by atoms with Crippen LogP contribution < -0.4 is 4.74 Å². The monoisotopic (exact) mass is 340 g/mol. The molecule has 0 spiro atoms. The maximum atomic E-state index is 13.8. The average molecular weight is 340 g/mol. The first kappa shape index (κ1) is 16.7. The highest BCUT2D eigenvalue weighted by Crippen LogP contribution is 2.24. The van der Waals surface area contributed by atoms with Crippen LogP contribution in [0.4, 0.5) is 4.39 Å². The number of nitrogens with zero attached hydrogens (tertiary/aromatic N) is 2. The fourth-order valence-corrected chi connectivity index (χ4v) is 2.52. The third-order valence-electron chi connectivity index (χ3n) is 3.82. The van der Waals surface area contributed by atoms with Gasteiger partial charge in [-0.25, -0.2) is 4.39 Å². The van der Waals surface area contributed by atoms with Gasteiger partial charge in [0.2, 0.25) is 0 Å². The molecule has 2 aromatic carbocycles. The van der Waals surface area contributed by atoms with Gasteiger partial charge in [0.1, 0.15) is 11.6 Å². The number of ether oxygens (including phenoxy) is 1. The van der Waals surface area contributed by atoms with E-state index in [1.54, 1.807) is 32.4 Å². The fourth-order valence-electron chi connectivity index (χ4n) is 2.52. The summed E-state index contributed by atoms with van der Waals surface area (Å²) in [5, 5.41) is 3.77. The Kier molecular flexibility index (Phi) is 4.79. The van der Waals surface area contributed by atoms with Gasteiger partial charge in [-0.2, -0.15) is 0 Å². The zero-order valence-electron chi connectivity index (χ0n) is 13.9. The normalized spacial score (nSPS) is 10.5. The van der Waals surface area contributed by atoms with Crippen molar-refractivity contribution >= 4 is 5.91 Å². The van der Waals surface area contributed by atoms with E-state index in [1.165, 1.54) is 17.0 Å². The second-order valence-corrected chi connectivity index (χ2v) is 5.53. The minimum Gasteiger partial charge on any atom is -0.496 e. The summed E-state index contributed by atoms with van der Waals surface area (Å²) in [5.74, 6) is 0.166. The maximum absolute atomic E-state index is 13.8. The van der Waals surface area contributed by atoms with Crippen LogP contribution in [-0.2, 0) is 6.54 Å². The topological polar surface area (TPSA) is 55.6 Å². The zero-order chi connectivity index (χ0) is 17.8. The molecule has 0 N–H and O–H groups in total. The van der Waals surface area contributed by atoms with Crippen molar-refractivity contribution in [3.8, 4) is 17.1 Å². The molecule has 0 aliphatic rings. The van der Waals surface area contributed by atoms with Crippen molar-refractivity contribution in [1.82, 2.24) is 10.1 Å². The van der Waals surface area contributed by atoms with Crippen LogP contribution in [0.5, 0.6) is 5.75 Å². The van der Waals surface area contributed by atoms with Crippen LogP contribution in [0.25, 0.3) is 11.3 Å². The summed E-state index contributed by atoms with van der Waals surface area (Å²) in [4.78, 5) is 14.0. The summed E-state index contributed by atoms with van der Waals surface area (Å²) in [5.41, 5.74) is 1.26. The van der Waals surface area contributed by atoms with Gasteiger partial charge in [0.25, 0.3) is 5.91 Å². The Morgan fingerprint density at radius 3 is 2.68 bits per heavy atom. The van der Waals surface area contributed by atoms with E-state index in [4.69, 9.17) is 9.26 Å². The second kappa shape index (κ2) is 7.17. The number of methoxy groups -OCH3 is 1. The van der Waals surface area contributed by atoms with Gasteiger partial charge < -0.3 is 14.2 Å². The lowest BCUT2D eigenvalue weighted by Crippen LogP contribution is -2.26. The molecule has 3 rings (SSSR count). The summed E-state index contributed by atoms with van der Waals surface area (Å²) in [7, 11) is 3.24. The predicted octanol–water partition coefficient (Wildman–Crippen LogP) is 3.76. The van der Waals surface area contributed by atoms with Gasteiger partial charge in [-0.05, 0) is 18.2 Å². The molecule has 0 atom stereocenters. The highest BCUT2D eigenvalue weighted by Gasteiger charge is 2.20. The molecule has 0 radical (unpaired) electrons. The smallest absolute Gasteiger partial charge is 0.276 e. The third-order valence-corrected chi connectivity index (χ3v) is 3.82. The van der Waals surface area contributed by atoms with Crippen molar-refractivity contribution in [3.63, 3.8) is 0 Å². The molecule has 0 saturated heterocycles. The molecule has 0 aliphatic carbocycles. The number of carbonyl (C=O) groups excluding carboxylic acids is 1. The molecule has 128 valence electrons. The maximum Gasteiger partial charge on any atom is 0.276 e. The van der Waals surface area contributed by atoms with Gasteiger partial charge in [-0.1, -0.05) is 35.5 Å². The van der Waals surface area contributed by atoms with Crippen LogP contribution >= 0.6 is 0 Å². The lowest BCUT2D eigenvalue weighted by molar-refractivity contribution is 0.0774. The highest BCUT2D eigenvalue weighted by molar-refractivity contribution is 5.93. The molecule has 5 nitrogen and oxygen atoms in total. The van der Waals surface area contributed by atoms with Gasteiger partial charge in [0.15, 0.2) is 11.5 Å². The van der Waals surface area contributed by atoms with Crippen LogP contribution in [-0.4, -0.2) is 30.1 Å². The Balaban J connectivity index is 1.78. The van der Waals surface area contributed by atoms with Gasteiger partial charge in [0, 0.05) is 25.2 Å². The first-order valence-electron chi connectivity index (χ1n) is 7.69. The van der Waals surface area contributed by atoms with Crippen molar-refractivity contribution < 1.29 is 18.4 Å². The number of benzene rings is 2. The number of amides is 1. The Morgan fingerprint density at radius 2 is 1.92 bits per heavy atom. The quantitative estimate of drug-likeness (QED) is 0.710. The van der Waals surface area contributed by atoms with Crippen LogP contribution in [0, 0.1) is 5.82 Å². The third kappa shape index (κ3) is 3.52. The average Bonchev–Trinajstić information content (AvgIpc) is 3.11. The number of aromatic nitrogens is 1. The molecule has 0 aliphatic heterocycles. The van der Waals surface area contributed by atoms with E-state index in [-0.39, 0.29) is 22.9 Å². The number of rotatable bonds is 5. The number of hydrogen-bond acceptors (Lipinski definition) is 4. The first-order chi connectivity index (χ1) is 12.1. The van der Waals surface area contributed by atoms with Crippen molar-refractivity contribution in [3.05, 3.63) is 71.7 Å². The summed E-state index contributed by atoms with van der Waals surface area (Å²) >= 11 is 0. The predicted molar refractivity (Wildman–Crippen MR) is 90.7 cm³/mol. The van der Waals surface area contributed by atoms with E-state index in [0.717, 1.165) is 5.56 Å². The number of carbonyl (C=O) groups is 1. The van der Waals surface area contributed by atoms with Crippen molar-refractivity contribution in [1.29, 1.82) is 0 Å². The SMILES string of the molecule is COc1ccccc1CN(C)C(=O)c1cc(-c2ccccc2F)on1. The second-order valence-electron chi connectivity index (χ2n) is 5.53. The van der Waals surface area contributed by atoms with Gasteiger partial charge in [-0.15, -0.1) is 0 Å². The van der Waals surface area contributed by atoms with E-state index in [0.29, 0.717) is 12.3 Å². The van der Waals surface area contributed by atoms with Crippen molar-refractivity contribution in [2.75, 3.05) is 14.2 Å². The minimum absolute atomic E-state index is 0.121. The molecular weight excluding hydrogens is 323 g/mol. The van der Waals surface area contributed by atoms with Crippen molar-refractivity contribution in [2.24, 2.45) is 0 Å². The molecule has 6 heteroatoms. The van der Waals surface area contributed by atoms with Crippen LogP contribution in [0.15, 0.2) is 59.1 Å². The van der Waals surface area contributed by atoms with Crippen LogP contribution in [0.1, 0.15) is 16.1 Å². The molecule has 0 saturated carbocycles.